The van der Waals surface area contributed by atoms with Gasteiger partial charge >= 0.3 is 0 Å². The third-order valence-corrected chi connectivity index (χ3v) is 3.10. The Kier molecular flexibility index (Phi) is 2.43. The van der Waals surface area contributed by atoms with E-state index >= 15 is 0 Å². The van der Waals surface area contributed by atoms with E-state index in [1.807, 2.05) is 0 Å². The first-order chi connectivity index (χ1) is 5.84. The predicted octanol–water partition coefficient (Wildman–Crippen LogP) is 0.713. The minimum atomic E-state index is -4.29. The molecule has 4 nitrogen and oxygen atoms in total. The Morgan fingerprint density at radius 3 is 2.38 bits per heavy atom. The van der Waals surface area contributed by atoms with Crippen molar-refractivity contribution in [1.29, 1.82) is 0 Å². The number of hydrogen-bond donors (Lipinski definition) is 3. The van der Waals surface area contributed by atoms with Gasteiger partial charge in [0.25, 0.3) is 10.1 Å². The molecule has 70 valence electrons. The highest BCUT2D eigenvalue weighted by molar-refractivity contribution is 7.87. The summed E-state index contributed by atoms with van der Waals surface area (Å²) in [6, 6.07) is 4.96. The smallest absolute Gasteiger partial charge is 0.296 e. The summed E-state index contributed by atoms with van der Waals surface area (Å²) < 4.78 is 30.5. The van der Waals surface area contributed by atoms with Gasteiger partial charge in [-0.25, -0.2) is 0 Å². The lowest BCUT2D eigenvalue weighted by atomic mass is 10.3. The summed E-state index contributed by atoms with van der Waals surface area (Å²) in [6.07, 6.45) is 0. The van der Waals surface area contributed by atoms with Gasteiger partial charge < -0.3 is 5.73 Å². The molecule has 0 aromatic heterocycles. The van der Waals surface area contributed by atoms with Crippen LogP contribution in [0.2, 0.25) is 0 Å². The first-order valence-corrected chi connectivity index (χ1v) is 5.12. The van der Waals surface area contributed by atoms with Crippen LogP contribution < -0.4 is 5.73 Å². The van der Waals surface area contributed by atoms with Gasteiger partial charge in [-0.05, 0) is 13.0 Å². The second-order valence-corrected chi connectivity index (χ2v) is 4.25. The Morgan fingerprint density at radius 2 is 2.00 bits per heavy atom. The summed E-state index contributed by atoms with van der Waals surface area (Å²) in [4.78, 5) is -0.314. The van der Waals surface area contributed by atoms with Crippen LogP contribution in [0.3, 0.4) is 0 Å². The van der Waals surface area contributed by atoms with Gasteiger partial charge in [0, 0.05) is 5.56 Å². The maximum absolute atomic E-state index is 10.8. The Labute approximate surface area is 81.9 Å². The summed E-state index contributed by atoms with van der Waals surface area (Å²) in [5, 5.41) is 0. The van der Waals surface area contributed by atoms with E-state index < -0.39 is 10.1 Å². The molecule has 0 fully saturated rings. The fourth-order valence-corrected chi connectivity index (χ4v) is 2.25. The van der Waals surface area contributed by atoms with E-state index in [0.717, 1.165) is 0 Å². The fraction of sp³-hybridized carbons (Fsp3) is 0.143. The summed E-state index contributed by atoms with van der Waals surface area (Å²) in [5.41, 5.74) is 5.63. The van der Waals surface area contributed by atoms with Gasteiger partial charge in [-0.1, -0.05) is 6.07 Å². The molecule has 1 rings (SSSR count). The van der Waals surface area contributed by atoms with E-state index in [4.69, 9.17) is 10.3 Å². The van der Waals surface area contributed by atoms with Crippen LogP contribution in [0, 0.1) is 19.1 Å². The Balaban J connectivity index is 3.62. The van der Waals surface area contributed by atoms with Gasteiger partial charge in [0.15, 0.2) is 0 Å². The van der Waals surface area contributed by atoms with Crippen LogP contribution in [-0.4, -0.2) is 13.0 Å². The lowest BCUT2D eigenvalue weighted by Gasteiger charge is -2.03. The average molecular weight is 217 g/mol. The van der Waals surface area contributed by atoms with E-state index in [1.165, 1.54) is 6.92 Å². The van der Waals surface area contributed by atoms with Crippen molar-refractivity contribution in [3.63, 3.8) is 0 Å². The van der Waals surface area contributed by atoms with Gasteiger partial charge in [-0.2, -0.15) is 8.42 Å². The van der Waals surface area contributed by atoms with Crippen LogP contribution in [-0.2, 0) is 10.1 Å². The average Bonchev–Trinajstić information content (AvgIpc) is 1.95. The summed E-state index contributed by atoms with van der Waals surface area (Å²) >= 11 is 3.86. The molecular weight excluding hydrogens is 210 g/mol. The summed E-state index contributed by atoms with van der Waals surface area (Å²) in [5.74, 6) is 0. The highest BCUT2D eigenvalue weighted by Gasteiger charge is 2.18. The van der Waals surface area contributed by atoms with Gasteiger partial charge in [0.2, 0.25) is 0 Å². The number of nitrogens with two attached hydrogens (primary N) is 1. The first kappa shape index (κ1) is 10.2. The van der Waals surface area contributed by atoms with Gasteiger partial charge in [-0.3, -0.25) is 4.55 Å². The van der Waals surface area contributed by atoms with Crippen LogP contribution >= 0.6 is 12.6 Å². The standard InChI is InChI=1S/C7H7NO3S2/c1-4-2-3-5(8)6(12)7(4)13(9,10)11/h12H,8H2,1H3,(H,9,10,11). The first-order valence-electron chi connectivity index (χ1n) is 3.23. The molecule has 0 spiro atoms. The van der Waals surface area contributed by atoms with Crippen molar-refractivity contribution in [3.05, 3.63) is 17.7 Å². The minimum Gasteiger partial charge on any atom is -0.391 e. The molecule has 1 aromatic rings. The Hall–Kier alpha value is -0.900. The quantitative estimate of drug-likeness (QED) is 0.478. The third kappa shape index (κ3) is 1.88. The van der Waals surface area contributed by atoms with Crippen molar-refractivity contribution in [2.45, 2.75) is 16.7 Å². The topological polar surface area (TPSA) is 80.4 Å². The molecule has 3 N–H and O–H groups in total. The largest absolute Gasteiger partial charge is 0.391 e. The molecule has 0 aliphatic rings. The van der Waals surface area contributed by atoms with Crippen LogP contribution in [0.4, 0.5) is 5.69 Å². The van der Waals surface area contributed by atoms with E-state index in [0.29, 0.717) is 0 Å². The van der Waals surface area contributed by atoms with Crippen LogP contribution in [0.15, 0.2) is 9.79 Å². The van der Waals surface area contributed by atoms with Crippen molar-refractivity contribution in [1.82, 2.24) is 0 Å². The van der Waals surface area contributed by atoms with E-state index in [9.17, 15) is 8.42 Å². The molecular formula is C7H7NO3S2. The highest BCUT2D eigenvalue weighted by Crippen LogP contribution is 2.25. The van der Waals surface area contributed by atoms with Gasteiger partial charge in [0.1, 0.15) is 4.90 Å². The van der Waals surface area contributed by atoms with E-state index in [1.54, 1.807) is 0 Å². The molecule has 0 atom stereocenters. The molecule has 0 aliphatic heterocycles. The molecule has 0 unspecified atom stereocenters. The predicted molar refractivity (Wildman–Crippen MR) is 50.3 cm³/mol. The summed E-state index contributed by atoms with van der Waals surface area (Å²) in [6.45, 7) is 1.47. The zero-order valence-corrected chi connectivity index (χ0v) is 8.41. The van der Waals surface area contributed by atoms with Crippen molar-refractivity contribution in [3.8, 4) is 0 Å². The molecule has 0 heterocycles. The molecule has 0 saturated heterocycles. The van der Waals surface area contributed by atoms with Crippen molar-refractivity contribution in [2.24, 2.45) is 0 Å². The molecule has 0 amide bonds. The second-order valence-electron chi connectivity index (χ2n) is 2.44. The zero-order valence-electron chi connectivity index (χ0n) is 6.70. The summed E-state index contributed by atoms with van der Waals surface area (Å²) in [7, 11) is -4.29. The van der Waals surface area contributed by atoms with Gasteiger partial charge in [0.05, 0.1) is 10.6 Å². The molecule has 0 aliphatic carbocycles. The number of rotatable bonds is 1. The van der Waals surface area contributed by atoms with Crippen LogP contribution in [0.25, 0.3) is 0 Å². The molecule has 0 radical (unpaired) electrons. The normalized spacial score (nSPS) is 11.0. The SMILES string of the molecule is Cc1c#cc(N)c(S)c1S(=O)(=O)O. The molecule has 1 aromatic carbocycles. The minimum absolute atomic E-state index is 0.00116. The Morgan fingerprint density at radius 1 is 1.46 bits per heavy atom. The lowest BCUT2D eigenvalue weighted by molar-refractivity contribution is 0.480. The number of anilines is 1. The van der Waals surface area contributed by atoms with Crippen molar-refractivity contribution < 1.29 is 13.0 Å². The number of hydrogen-bond acceptors (Lipinski definition) is 4. The van der Waals surface area contributed by atoms with Crippen LogP contribution in [0.1, 0.15) is 5.56 Å². The van der Waals surface area contributed by atoms with Crippen molar-refractivity contribution in [2.75, 3.05) is 5.73 Å². The second kappa shape index (κ2) is 3.10. The van der Waals surface area contributed by atoms with Crippen molar-refractivity contribution >= 4 is 28.4 Å². The van der Waals surface area contributed by atoms with E-state index in [2.05, 4.69) is 24.8 Å². The molecule has 0 saturated carbocycles. The van der Waals surface area contributed by atoms with Crippen LogP contribution in [0.5, 0.6) is 0 Å². The Bertz CT molecular complexity index is 439. The monoisotopic (exact) mass is 217 g/mol. The highest BCUT2D eigenvalue weighted by atomic mass is 32.2. The third-order valence-electron chi connectivity index (χ3n) is 1.45. The maximum atomic E-state index is 10.8. The number of nitrogen functional groups attached to an aromatic ring is 1. The van der Waals surface area contributed by atoms with E-state index in [-0.39, 0.29) is 21.0 Å². The molecule has 0 bridgehead atoms. The van der Waals surface area contributed by atoms with Gasteiger partial charge in [-0.15, -0.1) is 12.6 Å². The number of thiol groups is 1. The zero-order chi connectivity index (χ0) is 10.2. The molecule has 6 heteroatoms. The lowest BCUT2D eigenvalue weighted by Crippen LogP contribution is -2.03. The maximum Gasteiger partial charge on any atom is 0.296 e. The fourth-order valence-electron chi connectivity index (χ4n) is 0.893. The molecule has 13 heavy (non-hydrogen) atoms.